The molecular weight excluding hydrogens is 339 g/mol. The maximum Gasteiger partial charge on any atom is 0.326 e. The van der Waals surface area contributed by atoms with Crippen molar-refractivity contribution in [2.75, 3.05) is 6.54 Å². The minimum Gasteiger partial charge on any atom is -0.480 e. The van der Waals surface area contributed by atoms with Gasteiger partial charge in [-0.1, -0.05) is 32.0 Å². The van der Waals surface area contributed by atoms with Crippen LogP contribution in [0.15, 0.2) is 24.3 Å². The summed E-state index contributed by atoms with van der Waals surface area (Å²) in [5.74, 6) is -2.18. The van der Waals surface area contributed by atoms with Gasteiger partial charge in [-0.25, -0.2) is 9.18 Å². The van der Waals surface area contributed by atoms with E-state index in [-0.39, 0.29) is 30.6 Å². The van der Waals surface area contributed by atoms with Crippen LogP contribution in [0.4, 0.5) is 4.39 Å². The highest BCUT2D eigenvalue weighted by Gasteiger charge is 2.49. The molecule has 1 aromatic carbocycles. The van der Waals surface area contributed by atoms with Crippen LogP contribution in [0.2, 0.25) is 0 Å². The van der Waals surface area contributed by atoms with E-state index in [0.29, 0.717) is 24.8 Å². The molecule has 0 radical (unpaired) electrons. The minimum atomic E-state index is -1.10. The third kappa shape index (κ3) is 5.28. The third-order valence-corrected chi connectivity index (χ3v) is 4.57. The molecule has 142 valence electrons. The van der Waals surface area contributed by atoms with Gasteiger partial charge in [0.25, 0.3) is 0 Å². The fourth-order valence-corrected chi connectivity index (χ4v) is 2.93. The number of hydrogen-bond acceptors (Lipinski definition) is 3. The molecule has 2 amide bonds. The maximum atomic E-state index is 13.8. The molecule has 2 rings (SSSR count). The highest BCUT2D eigenvalue weighted by Crippen LogP contribution is 2.48. The molecule has 1 aromatic rings. The molecule has 1 aliphatic rings. The predicted octanol–water partition coefficient (Wildman–Crippen LogP) is 1.88. The molecule has 0 aromatic heterocycles. The Morgan fingerprint density at radius 3 is 2.42 bits per heavy atom. The summed E-state index contributed by atoms with van der Waals surface area (Å²) in [6.45, 7) is 3.44. The molecule has 0 bridgehead atoms. The van der Waals surface area contributed by atoms with E-state index in [2.05, 4.69) is 10.6 Å². The molecule has 0 spiro atoms. The lowest BCUT2D eigenvalue weighted by Crippen LogP contribution is -2.47. The summed E-state index contributed by atoms with van der Waals surface area (Å²) in [7, 11) is 0. The van der Waals surface area contributed by atoms with Gasteiger partial charge < -0.3 is 15.7 Å². The molecule has 0 heterocycles. The Balaban J connectivity index is 1.86. The summed E-state index contributed by atoms with van der Waals surface area (Å²) in [6.07, 6.45) is 1.88. The Morgan fingerprint density at radius 1 is 1.23 bits per heavy atom. The zero-order valence-corrected chi connectivity index (χ0v) is 15.0. The molecule has 0 unspecified atom stereocenters. The van der Waals surface area contributed by atoms with Crippen molar-refractivity contribution in [2.45, 2.75) is 45.6 Å². The first-order valence-corrected chi connectivity index (χ1v) is 8.77. The molecule has 0 aliphatic heterocycles. The Hall–Kier alpha value is -2.44. The number of rotatable bonds is 9. The van der Waals surface area contributed by atoms with Gasteiger partial charge in [0.2, 0.25) is 11.8 Å². The fraction of sp³-hybridized carbons (Fsp3) is 0.526. The quantitative estimate of drug-likeness (QED) is 0.623. The van der Waals surface area contributed by atoms with Crippen molar-refractivity contribution < 1.29 is 23.9 Å². The molecule has 6 nitrogen and oxygen atoms in total. The van der Waals surface area contributed by atoms with Gasteiger partial charge in [0.05, 0.1) is 12.0 Å². The van der Waals surface area contributed by atoms with Crippen molar-refractivity contribution >= 4 is 17.8 Å². The van der Waals surface area contributed by atoms with Gasteiger partial charge in [0.15, 0.2) is 0 Å². The molecule has 3 N–H and O–H groups in total. The molecule has 1 atom stereocenters. The summed E-state index contributed by atoms with van der Waals surface area (Å²) in [6, 6.07) is 5.35. The zero-order valence-electron chi connectivity index (χ0n) is 15.0. The van der Waals surface area contributed by atoms with Gasteiger partial charge in [-0.05, 0) is 43.2 Å². The van der Waals surface area contributed by atoms with Crippen molar-refractivity contribution in [3.63, 3.8) is 0 Å². The van der Waals surface area contributed by atoms with Crippen molar-refractivity contribution in [1.82, 2.24) is 10.6 Å². The second-order valence-corrected chi connectivity index (χ2v) is 7.32. The third-order valence-electron chi connectivity index (χ3n) is 4.57. The van der Waals surface area contributed by atoms with Crippen LogP contribution in [0, 0.1) is 17.2 Å². The number of nitrogens with one attached hydrogen (secondary N) is 2. The summed E-state index contributed by atoms with van der Waals surface area (Å²) in [5.41, 5.74) is -0.195. The molecule has 1 saturated carbocycles. The Morgan fingerprint density at radius 2 is 1.88 bits per heavy atom. The topological polar surface area (TPSA) is 95.5 Å². The smallest absolute Gasteiger partial charge is 0.326 e. The van der Waals surface area contributed by atoms with E-state index in [4.69, 9.17) is 5.11 Å². The monoisotopic (exact) mass is 364 g/mol. The summed E-state index contributed by atoms with van der Waals surface area (Å²) in [5, 5.41) is 14.1. The number of amides is 2. The summed E-state index contributed by atoms with van der Waals surface area (Å²) < 4.78 is 13.8. The predicted molar refractivity (Wildman–Crippen MR) is 93.8 cm³/mol. The maximum absolute atomic E-state index is 13.8. The van der Waals surface area contributed by atoms with Crippen LogP contribution in [-0.2, 0) is 20.8 Å². The van der Waals surface area contributed by atoms with Crippen molar-refractivity contribution in [2.24, 2.45) is 11.3 Å². The largest absolute Gasteiger partial charge is 0.480 e. The molecule has 1 fully saturated rings. The number of aliphatic carboxylic acids is 1. The van der Waals surface area contributed by atoms with Gasteiger partial charge >= 0.3 is 5.97 Å². The van der Waals surface area contributed by atoms with Crippen molar-refractivity contribution in [3.05, 3.63) is 35.6 Å². The van der Waals surface area contributed by atoms with Crippen molar-refractivity contribution in [3.8, 4) is 0 Å². The average Bonchev–Trinajstić information content (AvgIpc) is 3.34. The van der Waals surface area contributed by atoms with Gasteiger partial charge in [0, 0.05) is 0 Å². The van der Waals surface area contributed by atoms with E-state index in [1.54, 1.807) is 18.2 Å². The van der Waals surface area contributed by atoms with Gasteiger partial charge in [-0.2, -0.15) is 0 Å². The minimum absolute atomic E-state index is 0.112. The van der Waals surface area contributed by atoms with Gasteiger partial charge in [-0.15, -0.1) is 0 Å². The number of carbonyl (C=O) groups excluding carboxylic acids is 2. The first-order chi connectivity index (χ1) is 12.2. The lowest BCUT2D eigenvalue weighted by Gasteiger charge is -2.18. The number of carbonyl (C=O) groups is 3. The molecule has 0 saturated heterocycles. The molecule has 7 heteroatoms. The first kappa shape index (κ1) is 19.9. The lowest BCUT2D eigenvalue weighted by molar-refractivity contribution is -0.142. The molecule has 1 aliphatic carbocycles. The number of hydrogen-bond donors (Lipinski definition) is 3. The van der Waals surface area contributed by atoms with Crippen LogP contribution in [-0.4, -0.2) is 35.5 Å². The van der Waals surface area contributed by atoms with Crippen molar-refractivity contribution in [1.29, 1.82) is 0 Å². The van der Waals surface area contributed by atoms with Crippen LogP contribution < -0.4 is 10.6 Å². The van der Waals surface area contributed by atoms with Crippen LogP contribution in [0.3, 0.4) is 0 Å². The average molecular weight is 364 g/mol. The highest BCUT2D eigenvalue weighted by molar-refractivity contribution is 5.91. The number of benzene rings is 1. The van der Waals surface area contributed by atoms with Gasteiger partial charge in [0.1, 0.15) is 11.9 Å². The second-order valence-electron chi connectivity index (χ2n) is 7.32. The normalized spacial score (nSPS) is 16.0. The Labute approximate surface area is 152 Å². The van der Waals surface area contributed by atoms with Gasteiger partial charge in [-0.3, -0.25) is 9.59 Å². The summed E-state index contributed by atoms with van der Waals surface area (Å²) in [4.78, 5) is 35.5. The number of carboxylic acid groups (broad SMARTS) is 1. The van der Waals surface area contributed by atoms with E-state index in [1.807, 2.05) is 13.8 Å². The molecular formula is C19H25FN2O4. The zero-order chi connectivity index (χ0) is 19.3. The highest BCUT2D eigenvalue weighted by atomic mass is 19.1. The fourth-order valence-electron chi connectivity index (χ4n) is 2.93. The van der Waals surface area contributed by atoms with E-state index in [0.717, 1.165) is 0 Å². The van der Waals surface area contributed by atoms with E-state index in [1.165, 1.54) is 6.07 Å². The number of halogens is 1. The van der Waals surface area contributed by atoms with Crippen LogP contribution >= 0.6 is 0 Å². The summed E-state index contributed by atoms with van der Waals surface area (Å²) >= 11 is 0. The Bertz CT molecular complexity index is 686. The number of carboxylic acids is 1. The second kappa shape index (κ2) is 8.29. The van der Waals surface area contributed by atoms with E-state index >= 15 is 0 Å². The van der Waals surface area contributed by atoms with E-state index < -0.39 is 23.3 Å². The van der Waals surface area contributed by atoms with Crippen LogP contribution in [0.25, 0.3) is 0 Å². The van der Waals surface area contributed by atoms with Crippen LogP contribution in [0.5, 0.6) is 0 Å². The first-order valence-electron chi connectivity index (χ1n) is 8.77. The lowest BCUT2D eigenvalue weighted by atomic mass is 9.95. The standard InChI is InChI=1S/C19H25FN2O4/c1-12(2)9-15(17(24)25)22-16(23)11-21-18(26)19(7-8-19)10-13-5-3-4-6-14(13)20/h3-6,12,15H,7-11H2,1-2H3,(H,21,26)(H,22,23)(H,24,25)/t15-/m0/s1. The SMILES string of the molecule is CC(C)C[C@H](NC(=O)CNC(=O)C1(Cc2ccccc2F)CC1)C(=O)O. The van der Waals surface area contributed by atoms with Crippen LogP contribution in [0.1, 0.15) is 38.7 Å². The van der Waals surface area contributed by atoms with E-state index in [9.17, 15) is 18.8 Å². The molecule has 26 heavy (non-hydrogen) atoms. The Kier molecular flexibility index (Phi) is 6.34.